The van der Waals surface area contributed by atoms with E-state index < -0.39 is 0 Å². The molecule has 0 amide bonds. The second kappa shape index (κ2) is 28.5. The van der Waals surface area contributed by atoms with Crippen molar-refractivity contribution in [2.75, 3.05) is 19.6 Å². The molecule has 10 heteroatoms. The number of furan rings is 6. The summed E-state index contributed by atoms with van der Waals surface area (Å²) >= 11 is 0. The average molecular weight is 1620 g/mol. The van der Waals surface area contributed by atoms with Gasteiger partial charge >= 0.3 is 0 Å². The highest BCUT2D eigenvalue weighted by molar-refractivity contribution is 6.33. The van der Waals surface area contributed by atoms with Gasteiger partial charge < -0.3 is 46.1 Å². The van der Waals surface area contributed by atoms with Crippen LogP contribution in [-0.4, -0.2) is 0 Å². The van der Waals surface area contributed by atoms with Crippen LogP contribution in [0.2, 0.25) is 0 Å². The van der Waals surface area contributed by atoms with E-state index in [0.717, 1.165) is 243 Å². The van der Waals surface area contributed by atoms with Gasteiger partial charge in [0, 0.05) is 133 Å². The van der Waals surface area contributed by atoms with Crippen LogP contribution < -0.4 is 19.6 Å². The molecule has 0 fully saturated rings. The number of hydrogen-bond donors (Lipinski definition) is 0. The van der Waals surface area contributed by atoms with Gasteiger partial charge in [-0.25, -0.2) is 0 Å². The van der Waals surface area contributed by atoms with Crippen LogP contribution in [0.3, 0.4) is 0 Å². The molecule has 6 aromatic heterocycles. The van der Waals surface area contributed by atoms with Crippen molar-refractivity contribution in [3.8, 4) is 0 Å². The highest BCUT2D eigenvalue weighted by Crippen LogP contribution is 2.56. The number of anilines is 12. The van der Waals surface area contributed by atoms with Crippen LogP contribution in [0.5, 0.6) is 0 Å². The van der Waals surface area contributed by atoms with Gasteiger partial charge in [0.25, 0.3) is 0 Å². The zero-order valence-electron chi connectivity index (χ0n) is 69.2. The Bertz CT molecular complexity index is 8450. The van der Waals surface area contributed by atoms with E-state index in [1.165, 1.54) is 22.3 Å². The lowest BCUT2D eigenvalue weighted by atomic mass is 9.96. The van der Waals surface area contributed by atoms with Crippen molar-refractivity contribution in [2.24, 2.45) is 0 Å². The molecule has 0 aliphatic carbocycles. The molecule has 0 unspecified atom stereocenters. The van der Waals surface area contributed by atoms with Crippen LogP contribution in [0, 0.1) is 27.7 Å². The van der Waals surface area contributed by atoms with Crippen LogP contribution in [0.15, 0.2) is 415 Å². The molecule has 10 nitrogen and oxygen atoms in total. The van der Waals surface area contributed by atoms with Crippen molar-refractivity contribution in [3.05, 3.63) is 411 Å². The minimum Gasteiger partial charge on any atom is -0.456 e. The molecule has 0 atom stereocenters. The lowest BCUT2D eigenvalue weighted by molar-refractivity contribution is 0.667. The monoisotopic (exact) mass is 1620 g/mol. The first-order valence-corrected chi connectivity index (χ1v) is 42.8. The van der Waals surface area contributed by atoms with Crippen molar-refractivity contribution in [2.45, 2.75) is 27.7 Å². The molecule has 20 aromatic carbocycles. The Labute approximate surface area is 722 Å². The lowest BCUT2D eigenvalue weighted by Crippen LogP contribution is -2.11. The molecule has 0 N–H and O–H groups in total. The predicted molar refractivity (Wildman–Crippen MR) is 524 cm³/mol. The van der Waals surface area contributed by atoms with Gasteiger partial charge in [0.15, 0.2) is 22.3 Å². The molecule has 26 rings (SSSR count). The van der Waals surface area contributed by atoms with E-state index in [2.05, 4.69) is 387 Å². The minimum absolute atomic E-state index is 0.802. The van der Waals surface area contributed by atoms with E-state index in [0.29, 0.717) is 0 Å². The second-order valence-electron chi connectivity index (χ2n) is 33.2. The van der Waals surface area contributed by atoms with Crippen LogP contribution in [-0.2, 0) is 0 Å². The first-order valence-electron chi connectivity index (χ1n) is 42.8. The van der Waals surface area contributed by atoms with Crippen molar-refractivity contribution < 1.29 is 26.5 Å². The zero-order valence-corrected chi connectivity index (χ0v) is 69.2. The molecule has 0 radical (unpaired) electrons. The summed E-state index contributed by atoms with van der Waals surface area (Å²) in [4.78, 5) is 9.33. The molecular weight excluding hydrogens is 1550 g/mol. The molecule has 0 saturated carbocycles. The molecule has 0 aliphatic rings. The van der Waals surface area contributed by atoms with Crippen LogP contribution >= 0.6 is 0 Å². The summed E-state index contributed by atoms with van der Waals surface area (Å²) in [6, 6.07) is 137. The Kier molecular flexibility index (Phi) is 16.4. The zero-order chi connectivity index (χ0) is 83.5. The van der Waals surface area contributed by atoms with Gasteiger partial charge in [0.1, 0.15) is 44.7 Å². The maximum Gasteiger partial charge on any atom is 0.159 e. The predicted octanol–water partition coefficient (Wildman–Crippen LogP) is 34.5. The highest BCUT2D eigenvalue weighted by Gasteiger charge is 2.32. The maximum absolute atomic E-state index is 7.21. The Hall–Kier alpha value is -16.6. The second-order valence-corrected chi connectivity index (χ2v) is 33.2. The number of hydrogen-bond acceptors (Lipinski definition) is 10. The smallest absolute Gasteiger partial charge is 0.159 e. The SMILES string of the molecule is Cc1ccc(N(c2cc3oc4cc(N(c5ccc(C)cc5)c5cccc6c5oc5ccccc56)c5ccccc5c4c3c3ccccc23)c2cccc3c2oc2ccccc23)cc1.Cc1cccc(N(c2cc3oc4cc(N(c5cccc(C)c5)c5cccc6c5oc5ccccc56)c5ccccc5c4c3c3ccccc23)c2cccc3c2oc2ccccc23)c1. The Balaban J connectivity index is 0.000000137. The first kappa shape index (κ1) is 72.3. The fourth-order valence-electron chi connectivity index (χ4n) is 19.8. The summed E-state index contributed by atoms with van der Waals surface area (Å²) in [5.41, 5.74) is 26.6. The van der Waals surface area contributed by atoms with E-state index in [-0.39, 0.29) is 0 Å². The normalized spacial score (nSPS) is 12.0. The number of aryl methyl sites for hydroxylation is 4. The lowest BCUT2D eigenvalue weighted by Gasteiger charge is -2.27. The summed E-state index contributed by atoms with van der Waals surface area (Å²) in [6.07, 6.45) is 0. The Morgan fingerprint density at radius 1 is 0.143 bits per heavy atom. The van der Waals surface area contributed by atoms with Gasteiger partial charge in [-0.05, 0) is 157 Å². The van der Waals surface area contributed by atoms with Gasteiger partial charge in [-0.1, -0.05) is 278 Å². The van der Waals surface area contributed by atoms with E-state index >= 15 is 0 Å². The van der Waals surface area contributed by atoms with Crippen molar-refractivity contribution in [3.63, 3.8) is 0 Å². The van der Waals surface area contributed by atoms with Gasteiger partial charge in [0.05, 0.1) is 45.5 Å². The fraction of sp³-hybridized carbons (Fsp3) is 0.0345. The standard InChI is InChI=1S/2C58H38N2O3/c1-35-15-11-17-37(31-35)59(47-27-13-25-45-41-21-7-9-29-51(41)62-57(45)47)49-33-53-55(43-23-5-3-19-39(43)49)56-44-24-6-4-20-40(44)50(34-54(56)61-53)60(38-18-12-16-36(2)32-38)48-28-14-26-46-42-22-8-10-30-52(42)63-58(46)48;1-35-25-29-37(30-26-35)59(47-21-11-19-45-41-15-7-9-23-51(41)62-57(45)47)49-33-53-55(43-17-5-3-13-39(43)49)56-44-18-6-4-14-40(44)50(34-54(56)61-53)60(38-31-27-36(2)28-32-38)48-22-12-20-46-42-16-8-10-24-52(42)63-58(46)48/h2*3-34H,1-2H3. The van der Waals surface area contributed by atoms with E-state index in [4.69, 9.17) is 26.5 Å². The average Bonchev–Trinajstić information content (AvgIpc) is 1.59. The topological polar surface area (TPSA) is 91.8 Å². The molecule has 26 aromatic rings. The number of rotatable bonds is 12. The minimum atomic E-state index is 0.802. The van der Waals surface area contributed by atoms with E-state index in [9.17, 15) is 0 Å². The molecule has 0 bridgehead atoms. The third-order valence-corrected chi connectivity index (χ3v) is 25.5. The van der Waals surface area contributed by atoms with Gasteiger partial charge in [0.2, 0.25) is 0 Å². The van der Waals surface area contributed by atoms with Crippen LogP contribution in [0.4, 0.5) is 68.2 Å². The summed E-state index contributed by atoms with van der Waals surface area (Å²) < 4.78 is 41.3. The molecule has 6 heterocycles. The molecule has 126 heavy (non-hydrogen) atoms. The van der Waals surface area contributed by atoms with Crippen molar-refractivity contribution >= 4 is 243 Å². The number of nitrogens with zero attached hydrogens (tertiary/aromatic N) is 4. The summed E-state index contributed by atoms with van der Waals surface area (Å²) in [6.45, 7) is 8.53. The maximum atomic E-state index is 7.21. The van der Waals surface area contributed by atoms with Gasteiger partial charge in [-0.3, -0.25) is 0 Å². The van der Waals surface area contributed by atoms with E-state index in [1.54, 1.807) is 0 Å². The Morgan fingerprint density at radius 3 is 0.627 bits per heavy atom. The number of fused-ring (bicyclic) bond motifs is 26. The third-order valence-electron chi connectivity index (χ3n) is 25.5. The summed E-state index contributed by atoms with van der Waals surface area (Å²) in [7, 11) is 0. The molecule has 0 saturated heterocycles. The van der Waals surface area contributed by atoms with E-state index in [1.807, 2.05) is 48.5 Å². The summed E-state index contributed by atoms with van der Waals surface area (Å²) in [5, 5.41) is 21.9. The fourth-order valence-corrected chi connectivity index (χ4v) is 19.8. The third kappa shape index (κ3) is 11.4. The quantitative estimate of drug-likeness (QED) is 0.118. The van der Waals surface area contributed by atoms with Crippen LogP contribution in [0.1, 0.15) is 22.3 Å². The van der Waals surface area contributed by atoms with Gasteiger partial charge in [-0.15, -0.1) is 0 Å². The first-order chi connectivity index (χ1) is 62.1. The van der Waals surface area contributed by atoms with Gasteiger partial charge in [-0.2, -0.15) is 0 Å². The van der Waals surface area contributed by atoms with Crippen LogP contribution in [0.25, 0.3) is 175 Å². The highest BCUT2D eigenvalue weighted by atomic mass is 16.4. The molecule has 0 spiro atoms. The van der Waals surface area contributed by atoms with Crippen molar-refractivity contribution in [1.29, 1.82) is 0 Å². The molecule has 0 aliphatic heterocycles. The number of benzene rings is 20. The largest absolute Gasteiger partial charge is 0.456 e. The van der Waals surface area contributed by atoms with Crippen molar-refractivity contribution in [1.82, 2.24) is 0 Å². The molecule has 596 valence electrons. The molecular formula is C116H76N4O6. The number of para-hydroxylation sites is 8. The summed E-state index contributed by atoms with van der Waals surface area (Å²) in [5.74, 6) is 0. The Morgan fingerprint density at radius 2 is 0.365 bits per heavy atom.